The van der Waals surface area contributed by atoms with Crippen molar-refractivity contribution in [3.8, 4) is 0 Å². The molecule has 0 atom stereocenters. The van der Waals surface area contributed by atoms with Gasteiger partial charge in [0, 0.05) is 17.0 Å². The Balaban J connectivity index is 2.68. The van der Waals surface area contributed by atoms with E-state index in [2.05, 4.69) is 6.92 Å². The number of unbranched alkanes of at least 4 members (excludes halogenated alkanes) is 2. The van der Waals surface area contributed by atoms with E-state index in [0.717, 1.165) is 17.1 Å². The fourth-order valence-electron chi connectivity index (χ4n) is 1.48. The minimum atomic E-state index is -0.440. The van der Waals surface area contributed by atoms with E-state index in [1.165, 1.54) is 25.0 Å². The summed E-state index contributed by atoms with van der Waals surface area (Å²) in [5.41, 5.74) is 0.674. The van der Waals surface area contributed by atoms with Crippen molar-refractivity contribution in [1.82, 2.24) is 0 Å². The maximum Gasteiger partial charge on any atom is 0.269 e. The van der Waals surface area contributed by atoms with Crippen molar-refractivity contribution in [2.45, 2.75) is 37.7 Å². The lowest BCUT2D eigenvalue weighted by molar-refractivity contribution is -0.385. The largest absolute Gasteiger partial charge is 0.392 e. The molecule has 0 radical (unpaired) electrons. The van der Waals surface area contributed by atoms with Crippen LogP contribution >= 0.6 is 11.8 Å². The fourth-order valence-corrected chi connectivity index (χ4v) is 2.52. The molecule has 0 aliphatic rings. The summed E-state index contributed by atoms with van der Waals surface area (Å²) in [7, 11) is 0. The average Bonchev–Trinajstić information content (AvgIpc) is 2.34. The maximum atomic E-state index is 10.6. The first-order chi connectivity index (χ1) is 8.19. The SMILES string of the molecule is CCCCCSc1ccc([N+](=O)[O-])cc1CO. The Morgan fingerprint density at radius 2 is 2.18 bits per heavy atom. The molecular weight excluding hydrogens is 238 g/mol. The van der Waals surface area contributed by atoms with Crippen molar-refractivity contribution in [1.29, 1.82) is 0 Å². The molecule has 1 aromatic rings. The van der Waals surface area contributed by atoms with Crippen LogP contribution in [0.25, 0.3) is 0 Å². The van der Waals surface area contributed by atoms with E-state index in [-0.39, 0.29) is 12.3 Å². The zero-order chi connectivity index (χ0) is 12.7. The number of nitro groups is 1. The second kappa shape index (κ2) is 7.29. The molecule has 0 bridgehead atoms. The van der Waals surface area contributed by atoms with Gasteiger partial charge in [0.25, 0.3) is 5.69 Å². The highest BCUT2D eigenvalue weighted by molar-refractivity contribution is 7.99. The van der Waals surface area contributed by atoms with E-state index in [1.807, 2.05) is 0 Å². The van der Waals surface area contributed by atoms with Gasteiger partial charge in [-0.05, 0) is 23.8 Å². The Morgan fingerprint density at radius 3 is 2.76 bits per heavy atom. The molecule has 0 fully saturated rings. The third-order valence-corrected chi connectivity index (χ3v) is 3.63. The number of rotatable bonds is 7. The average molecular weight is 255 g/mol. The van der Waals surface area contributed by atoms with Crippen molar-refractivity contribution in [3.05, 3.63) is 33.9 Å². The van der Waals surface area contributed by atoms with Gasteiger partial charge in [-0.1, -0.05) is 19.8 Å². The van der Waals surface area contributed by atoms with Crippen LogP contribution in [0.15, 0.2) is 23.1 Å². The van der Waals surface area contributed by atoms with Crippen LogP contribution in [0.4, 0.5) is 5.69 Å². The quantitative estimate of drug-likeness (QED) is 0.351. The summed E-state index contributed by atoms with van der Waals surface area (Å²) in [6.45, 7) is 1.99. The molecule has 1 aromatic carbocycles. The first-order valence-electron chi connectivity index (χ1n) is 5.70. The van der Waals surface area contributed by atoms with E-state index in [0.29, 0.717) is 5.56 Å². The number of thioether (sulfide) groups is 1. The molecule has 17 heavy (non-hydrogen) atoms. The molecular formula is C12H17NO3S. The summed E-state index contributed by atoms with van der Waals surface area (Å²) in [5.74, 6) is 0.985. The molecule has 0 unspecified atom stereocenters. The molecule has 0 aliphatic carbocycles. The molecule has 0 heterocycles. The Hall–Kier alpha value is -1.07. The van der Waals surface area contributed by atoms with Gasteiger partial charge >= 0.3 is 0 Å². The zero-order valence-corrected chi connectivity index (χ0v) is 10.7. The van der Waals surface area contributed by atoms with Crippen LogP contribution in [0.1, 0.15) is 31.7 Å². The summed E-state index contributed by atoms with van der Waals surface area (Å²) < 4.78 is 0. The van der Waals surface area contributed by atoms with Gasteiger partial charge in [-0.3, -0.25) is 10.1 Å². The van der Waals surface area contributed by atoms with Gasteiger partial charge in [-0.15, -0.1) is 11.8 Å². The minimum absolute atomic E-state index is 0.0342. The molecule has 5 heteroatoms. The van der Waals surface area contributed by atoms with Crippen molar-refractivity contribution >= 4 is 17.4 Å². The molecule has 1 rings (SSSR count). The second-order valence-electron chi connectivity index (χ2n) is 3.76. The highest BCUT2D eigenvalue weighted by atomic mass is 32.2. The van der Waals surface area contributed by atoms with Gasteiger partial charge in [0.1, 0.15) is 0 Å². The highest BCUT2D eigenvalue weighted by Gasteiger charge is 2.10. The van der Waals surface area contributed by atoms with Crippen LogP contribution < -0.4 is 0 Å². The van der Waals surface area contributed by atoms with Gasteiger partial charge in [-0.2, -0.15) is 0 Å². The molecule has 1 N–H and O–H groups in total. The molecule has 0 amide bonds. The number of hydrogen-bond acceptors (Lipinski definition) is 4. The third kappa shape index (κ3) is 4.36. The smallest absolute Gasteiger partial charge is 0.269 e. The normalized spacial score (nSPS) is 10.5. The van der Waals surface area contributed by atoms with E-state index >= 15 is 0 Å². The molecule has 0 saturated carbocycles. The van der Waals surface area contributed by atoms with E-state index in [4.69, 9.17) is 0 Å². The molecule has 94 valence electrons. The van der Waals surface area contributed by atoms with Gasteiger partial charge in [-0.25, -0.2) is 0 Å². The summed E-state index contributed by atoms with van der Waals surface area (Å²) in [6, 6.07) is 4.66. The summed E-state index contributed by atoms with van der Waals surface area (Å²) in [5, 5.41) is 19.8. The number of hydrogen-bond donors (Lipinski definition) is 1. The highest BCUT2D eigenvalue weighted by Crippen LogP contribution is 2.27. The van der Waals surface area contributed by atoms with Crippen LogP contribution in [0, 0.1) is 10.1 Å². The van der Waals surface area contributed by atoms with Crippen LogP contribution in [-0.2, 0) is 6.61 Å². The molecule has 0 saturated heterocycles. The van der Waals surface area contributed by atoms with Gasteiger partial charge in [0.2, 0.25) is 0 Å². The topological polar surface area (TPSA) is 63.4 Å². The number of benzene rings is 1. The Kier molecular flexibility index (Phi) is 6.00. The Labute approximate surface area is 105 Å². The van der Waals surface area contributed by atoms with Crippen molar-refractivity contribution in [2.75, 3.05) is 5.75 Å². The monoisotopic (exact) mass is 255 g/mol. The molecule has 0 spiro atoms. The lowest BCUT2D eigenvalue weighted by Gasteiger charge is -2.06. The fraction of sp³-hybridized carbons (Fsp3) is 0.500. The Morgan fingerprint density at radius 1 is 1.41 bits per heavy atom. The van der Waals surface area contributed by atoms with Crippen molar-refractivity contribution in [2.24, 2.45) is 0 Å². The van der Waals surface area contributed by atoms with Crippen molar-refractivity contribution < 1.29 is 10.0 Å². The molecule has 0 aromatic heterocycles. The number of non-ortho nitro benzene ring substituents is 1. The van der Waals surface area contributed by atoms with Crippen LogP contribution in [0.2, 0.25) is 0 Å². The van der Waals surface area contributed by atoms with Gasteiger partial charge < -0.3 is 5.11 Å². The number of nitrogens with zero attached hydrogens (tertiary/aromatic N) is 1. The summed E-state index contributed by atoms with van der Waals surface area (Å²) in [4.78, 5) is 11.1. The first-order valence-corrected chi connectivity index (χ1v) is 6.68. The number of nitro benzene ring substituents is 1. The van der Waals surface area contributed by atoms with Gasteiger partial charge in [0.15, 0.2) is 0 Å². The Bertz CT molecular complexity index is 382. The van der Waals surface area contributed by atoms with E-state index in [9.17, 15) is 15.2 Å². The van der Waals surface area contributed by atoms with Gasteiger partial charge in [0.05, 0.1) is 11.5 Å². The summed E-state index contributed by atoms with van der Waals surface area (Å²) >= 11 is 1.65. The third-order valence-electron chi connectivity index (χ3n) is 2.43. The minimum Gasteiger partial charge on any atom is -0.392 e. The van der Waals surface area contributed by atoms with Crippen molar-refractivity contribution in [3.63, 3.8) is 0 Å². The zero-order valence-electron chi connectivity index (χ0n) is 9.89. The molecule has 0 aliphatic heterocycles. The standard InChI is InChI=1S/C12H17NO3S/c1-2-3-4-7-17-12-6-5-11(13(15)16)8-10(12)9-14/h5-6,8,14H,2-4,7,9H2,1H3. The number of aliphatic hydroxyl groups is 1. The van der Waals surface area contributed by atoms with Crippen LogP contribution in [0.5, 0.6) is 0 Å². The summed E-state index contributed by atoms with van der Waals surface area (Å²) in [6.07, 6.45) is 3.49. The van der Waals surface area contributed by atoms with Crippen LogP contribution in [-0.4, -0.2) is 15.8 Å². The predicted molar refractivity (Wildman–Crippen MR) is 69.3 cm³/mol. The maximum absolute atomic E-state index is 10.6. The lowest BCUT2D eigenvalue weighted by atomic mass is 10.2. The second-order valence-corrected chi connectivity index (χ2v) is 4.90. The van der Waals surface area contributed by atoms with E-state index in [1.54, 1.807) is 17.8 Å². The van der Waals surface area contributed by atoms with Crippen LogP contribution in [0.3, 0.4) is 0 Å². The predicted octanol–water partition coefficient (Wildman–Crippen LogP) is 3.37. The first kappa shape index (κ1) is 14.0. The lowest BCUT2D eigenvalue weighted by Crippen LogP contribution is -1.93. The number of aliphatic hydroxyl groups excluding tert-OH is 1. The molecule has 4 nitrogen and oxygen atoms in total. The van der Waals surface area contributed by atoms with E-state index < -0.39 is 4.92 Å².